The molecule has 0 fully saturated rings. The molecular weight excluding hydrogens is 645 g/mol. The summed E-state index contributed by atoms with van der Waals surface area (Å²) in [6.45, 7) is 5.60. The Hall–Kier alpha value is -6.24. The fraction of sp³-hybridized carbons (Fsp3) is 0.0976. The second kappa shape index (κ2) is 17.2. The number of amidine groups is 1. The maximum Gasteiger partial charge on any atom is 0.285 e. The van der Waals surface area contributed by atoms with Crippen LogP contribution in [0.25, 0.3) is 6.08 Å². The molecule has 0 aromatic heterocycles. The summed E-state index contributed by atoms with van der Waals surface area (Å²) in [7, 11) is 0. The second-order valence-corrected chi connectivity index (χ2v) is 11.9. The molecule has 5 rings (SSSR count). The highest BCUT2D eigenvalue weighted by molar-refractivity contribution is 8.14. The smallest absolute Gasteiger partial charge is 0.285 e. The quantitative estimate of drug-likeness (QED) is 0.0942. The zero-order chi connectivity index (χ0) is 35.3. The van der Waals surface area contributed by atoms with Crippen molar-refractivity contribution in [2.24, 2.45) is 4.99 Å². The van der Waals surface area contributed by atoms with E-state index in [-0.39, 0.29) is 29.0 Å². The van der Waals surface area contributed by atoms with E-state index in [4.69, 9.17) is 4.74 Å². The van der Waals surface area contributed by atoms with Crippen molar-refractivity contribution in [2.45, 2.75) is 19.6 Å². The van der Waals surface area contributed by atoms with Gasteiger partial charge in [0.25, 0.3) is 11.8 Å². The maximum atomic E-state index is 14.1. The van der Waals surface area contributed by atoms with Gasteiger partial charge in [0.05, 0.1) is 23.4 Å². The molecule has 3 amide bonds. The van der Waals surface area contributed by atoms with E-state index in [1.54, 1.807) is 73.7 Å². The van der Waals surface area contributed by atoms with Crippen molar-refractivity contribution >= 4 is 40.7 Å². The number of hydrogen-bond acceptors (Lipinski definition) is 6. The van der Waals surface area contributed by atoms with Crippen LogP contribution in [-0.4, -0.2) is 33.5 Å². The van der Waals surface area contributed by atoms with E-state index < -0.39 is 17.9 Å². The van der Waals surface area contributed by atoms with Gasteiger partial charge in [-0.15, -0.1) is 0 Å². The summed E-state index contributed by atoms with van der Waals surface area (Å²) in [5, 5.41) is 12.6. The van der Waals surface area contributed by atoms with Crippen molar-refractivity contribution in [1.82, 2.24) is 10.2 Å². The normalized spacial score (nSPS) is 14.1. The van der Waals surface area contributed by atoms with Gasteiger partial charge >= 0.3 is 0 Å². The zero-order valence-corrected chi connectivity index (χ0v) is 28.2. The van der Waals surface area contributed by atoms with E-state index in [9.17, 15) is 19.6 Å². The molecule has 0 atom stereocenters. The molecular formula is C41H34N4O4S. The monoisotopic (exact) mass is 678 g/mol. The molecule has 248 valence electrons. The van der Waals surface area contributed by atoms with Crippen LogP contribution >= 0.6 is 11.8 Å². The van der Waals surface area contributed by atoms with Gasteiger partial charge < -0.3 is 10.1 Å². The number of aliphatic imine (C=N–C) groups is 1. The van der Waals surface area contributed by atoms with Crippen LogP contribution in [0.5, 0.6) is 5.75 Å². The standard InChI is InChI=1S/C41H34N4O4S/c1-3-5-23-34(4-2)45-40(48)35(25-31-20-14-15-24-36(31)49-27-33-22-13-12-21-32(33)26-42)39(47)44-41(45)50-28-37(46)43-38(29-16-8-6-9-17-29)30-18-10-7-11-19-30/h3-25,38H,1,27-28H2,2H3,(H,43,46)/b23-5-,34-4+,35-25+. The minimum atomic E-state index is -0.742. The van der Waals surface area contributed by atoms with Crippen molar-refractivity contribution in [3.05, 3.63) is 179 Å². The number of para-hydroxylation sites is 1. The summed E-state index contributed by atoms with van der Waals surface area (Å²) >= 11 is 0.995. The summed E-state index contributed by atoms with van der Waals surface area (Å²) in [4.78, 5) is 46.7. The first-order valence-electron chi connectivity index (χ1n) is 15.8. The first-order valence-corrected chi connectivity index (χ1v) is 16.8. The molecule has 1 heterocycles. The van der Waals surface area contributed by atoms with Crippen molar-refractivity contribution in [2.75, 3.05) is 5.75 Å². The van der Waals surface area contributed by atoms with Crippen LogP contribution in [0, 0.1) is 11.3 Å². The Morgan fingerprint density at radius 2 is 1.60 bits per heavy atom. The molecule has 0 saturated heterocycles. The van der Waals surface area contributed by atoms with Crippen molar-refractivity contribution in [3.63, 3.8) is 0 Å². The third-order valence-corrected chi connectivity index (χ3v) is 8.59. The molecule has 1 aliphatic heterocycles. The van der Waals surface area contributed by atoms with Crippen LogP contribution in [0.1, 0.15) is 40.8 Å². The predicted octanol–water partition coefficient (Wildman–Crippen LogP) is 7.53. The number of nitrogens with zero attached hydrogens (tertiary/aromatic N) is 3. The minimum Gasteiger partial charge on any atom is -0.488 e. The molecule has 0 aliphatic carbocycles. The Labute approximate surface area is 295 Å². The van der Waals surface area contributed by atoms with Crippen LogP contribution in [-0.2, 0) is 21.0 Å². The van der Waals surface area contributed by atoms with Gasteiger partial charge in [0.2, 0.25) is 5.91 Å². The van der Waals surface area contributed by atoms with Gasteiger partial charge in [-0.1, -0.05) is 134 Å². The van der Waals surface area contributed by atoms with Gasteiger partial charge in [0.1, 0.15) is 17.9 Å². The number of ether oxygens (including phenoxy) is 1. The number of rotatable bonds is 12. The molecule has 0 spiro atoms. The Balaban J connectivity index is 1.41. The molecule has 4 aromatic carbocycles. The Bertz CT molecular complexity index is 2010. The summed E-state index contributed by atoms with van der Waals surface area (Å²) in [5.41, 5.74) is 3.79. The molecule has 0 radical (unpaired) electrons. The van der Waals surface area contributed by atoms with Crippen LogP contribution < -0.4 is 10.1 Å². The van der Waals surface area contributed by atoms with Crippen molar-refractivity contribution < 1.29 is 19.1 Å². The van der Waals surface area contributed by atoms with Gasteiger partial charge in [-0.05, 0) is 42.3 Å². The number of nitriles is 1. The first-order chi connectivity index (χ1) is 24.4. The lowest BCUT2D eigenvalue weighted by atomic mass is 9.99. The third-order valence-electron chi connectivity index (χ3n) is 7.65. The molecule has 9 heteroatoms. The van der Waals surface area contributed by atoms with Crippen LogP contribution in [0.2, 0.25) is 0 Å². The number of nitrogens with one attached hydrogen (secondary N) is 1. The summed E-state index contributed by atoms with van der Waals surface area (Å²) in [6.07, 6.45) is 8.09. The fourth-order valence-electron chi connectivity index (χ4n) is 5.19. The number of carbonyl (C=O) groups excluding carboxylic acids is 3. The molecule has 0 saturated carbocycles. The van der Waals surface area contributed by atoms with E-state index >= 15 is 0 Å². The molecule has 0 bridgehead atoms. The van der Waals surface area contributed by atoms with Gasteiger partial charge in [-0.2, -0.15) is 10.3 Å². The van der Waals surface area contributed by atoms with Crippen molar-refractivity contribution in [1.29, 1.82) is 5.26 Å². The predicted molar refractivity (Wildman–Crippen MR) is 198 cm³/mol. The largest absolute Gasteiger partial charge is 0.488 e. The zero-order valence-electron chi connectivity index (χ0n) is 27.4. The van der Waals surface area contributed by atoms with Gasteiger partial charge in [0.15, 0.2) is 5.17 Å². The number of hydrogen-bond donors (Lipinski definition) is 1. The Morgan fingerprint density at radius 1 is 0.960 bits per heavy atom. The molecule has 1 aliphatic rings. The number of allylic oxidation sites excluding steroid dienone is 4. The van der Waals surface area contributed by atoms with E-state index in [0.29, 0.717) is 28.1 Å². The highest BCUT2D eigenvalue weighted by atomic mass is 32.2. The summed E-state index contributed by atoms with van der Waals surface area (Å²) in [6, 6.07) is 35.1. The Morgan fingerprint density at radius 3 is 2.26 bits per heavy atom. The van der Waals surface area contributed by atoms with E-state index in [0.717, 1.165) is 22.9 Å². The Kier molecular flexibility index (Phi) is 12.1. The third kappa shape index (κ3) is 8.61. The van der Waals surface area contributed by atoms with E-state index in [2.05, 4.69) is 23.0 Å². The summed E-state index contributed by atoms with van der Waals surface area (Å²) in [5.74, 6) is -1.33. The lowest BCUT2D eigenvalue weighted by molar-refractivity contribution is -0.126. The topological polar surface area (TPSA) is 112 Å². The van der Waals surface area contributed by atoms with Crippen LogP contribution in [0.4, 0.5) is 0 Å². The van der Waals surface area contributed by atoms with Crippen LogP contribution in [0.3, 0.4) is 0 Å². The average molecular weight is 679 g/mol. The highest BCUT2D eigenvalue weighted by Crippen LogP contribution is 2.29. The summed E-state index contributed by atoms with van der Waals surface area (Å²) < 4.78 is 6.06. The molecule has 1 N–H and O–H groups in total. The van der Waals surface area contributed by atoms with E-state index in [1.165, 1.54) is 11.0 Å². The molecule has 4 aromatic rings. The number of carbonyl (C=O) groups is 3. The molecule has 50 heavy (non-hydrogen) atoms. The highest BCUT2D eigenvalue weighted by Gasteiger charge is 2.35. The maximum absolute atomic E-state index is 14.1. The van der Waals surface area contributed by atoms with Crippen LogP contribution in [0.15, 0.2) is 156 Å². The SMILES string of the molecule is C=C/C=C\C(=C/C)N1C(=O)/C(=C/c2ccccc2OCc2ccccc2C#N)C(=O)N=C1SCC(=O)NC(c1ccccc1)c1ccccc1. The average Bonchev–Trinajstić information content (AvgIpc) is 3.16. The number of thioether (sulfide) groups is 1. The van der Waals surface area contributed by atoms with E-state index in [1.807, 2.05) is 66.7 Å². The number of benzene rings is 4. The molecule has 8 nitrogen and oxygen atoms in total. The first kappa shape index (κ1) is 35.1. The number of amides is 3. The lowest BCUT2D eigenvalue weighted by Gasteiger charge is -2.28. The lowest BCUT2D eigenvalue weighted by Crippen LogP contribution is -2.42. The van der Waals surface area contributed by atoms with Gasteiger partial charge in [-0.3, -0.25) is 19.3 Å². The molecule has 0 unspecified atom stereocenters. The minimum absolute atomic E-state index is 0.0720. The van der Waals surface area contributed by atoms with Gasteiger partial charge in [0, 0.05) is 16.8 Å². The van der Waals surface area contributed by atoms with Crippen molar-refractivity contribution in [3.8, 4) is 11.8 Å². The van der Waals surface area contributed by atoms with Gasteiger partial charge in [-0.25, -0.2) is 0 Å². The fourth-order valence-corrected chi connectivity index (χ4v) is 6.00. The second-order valence-electron chi connectivity index (χ2n) is 10.9.